The number of hydrogen-bond donors (Lipinski definition) is 1. The molecule has 90 valence electrons. The quantitative estimate of drug-likeness (QED) is 0.895. The molecule has 3 heteroatoms. The fraction of sp³-hybridized carbons (Fsp3) is 0.286. The first-order valence-electron chi connectivity index (χ1n) is 5.62. The van der Waals surface area contributed by atoms with E-state index in [1.165, 1.54) is 26.0 Å². The summed E-state index contributed by atoms with van der Waals surface area (Å²) >= 11 is 5.31. The highest BCUT2D eigenvalue weighted by atomic mass is 79.9. The molecule has 0 amide bonds. The third-order valence-electron chi connectivity index (χ3n) is 2.92. The van der Waals surface area contributed by atoms with Crippen molar-refractivity contribution < 1.29 is 0 Å². The second-order valence-corrected chi connectivity index (χ2v) is 6.22. The molecule has 0 aliphatic rings. The van der Waals surface area contributed by atoms with Gasteiger partial charge in [-0.1, -0.05) is 23.8 Å². The molecule has 17 heavy (non-hydrogen) atoms. The Kier molecular flexibility index (Phi) is 4.02. The number of rotatable bonds is 3. The van der Waals surface area contributed by atoms with Crippen LogP contribution in [-0.2, 0) is 6.42 Å². The molecule has 2 N–H and O–H groups in total. The third-order valence-corrected chi connectivity index (χ3v) is 4.87. The van der Waals surface area contributed by atoms with Crippen LogP contribution in [-0.4, -0.2) is 0 Å². The summed E-state index contributed by atoms with van der Waals surface area (Å²) in [6.45, 7) is 4.24. The lowest BCUT2D eigenvalue weighted by Gasteiger charge is -2.14. The van der Waals surface area contributed by atoms with Crippen LogP contribution in [0.3, 0.4) is 0 Å². The lowest BCUT2D eigenvalue weighted by molar-refractivity contribution is 0.723. The minimum atomic E-state index is 0.0746. The maximum Gasteiger partial charge on any atom is 0.0346 e. The molecule has 0 aliphatic heterocycles. The van der Waals surface area contributed by atoms with Gasteiger partial charge in [-0.15, -0.1) is 11.3 Å². The Morgan fingerprint density at radius 3 is 2.65 bits per heavy atom. The Balaban J connectivity index is 2.20. The van der Waals surface area contributed by atoms with Crippen molar-refractivity contribution in [2.24, 2.45) is 5.73 Å². The maximum absolute atomic E-state index is 6.29. The number of aryl methyl sites for hydroxylation is 2. The fourth-order valence-corrected chi connectivity index (χ4v) is 3.60. The minimum absolute atomic E-state index is 0.0746. The lowest BCUT2D eigenvalue weighted by Crippen LogP contribution is -2.14. The van der Waals surface area contributed by atoms with E-state index in [0.717, 1.165) is 6.42 Å². The van der Waals surface area contributed by atoms with Crippen LogP contribution < -0.4 is 5.73 Å². The first-order chi connectivity index (χ1) is 8.08. The van der Waals surface area contributed by atoms with E-state index in [1.54, 1.807) is 11.3 Å². The van der Waals surface area contributed by atoms with Crippen molar-refractivity contribution in [3.63, 3.8) is 0 Å². The van der Waals surface area contributed by atoms with Crippen LogP contribution in [0.4, 0.5) is 0 Å². The molecular formula is C14H16BrNS. The fourth-order valence-electron chi connectivity index (χ4n) is 2.02. The minimum Gasteiger partial charge on any atom is -0.324 e. The Bertz CT molecular complexity index is 519. The molecule has 1 heterocycles. The largest absolute Gasteiger partial charge is 0.324 e. The molecule has 2 rings (SSSR count). The Morgan fingerprint density at radius 1 is 1.29 bits per heavy atom. The van der Waals surface area contributed by atoms with E-state index in [-0.39, 0.29) is 6.04 Å². The molecule has 1 unspecified atom stereocenters. The third kappa shape index (κ3) is 2.97. The van der Waals surface area contributed by atoms with Crippen molar-refractivity contribution in [2.45, 2.75) is 26.3 Å². The molecule has 0 bridgehead atoms. The van der Waals surface area contributed by atoms with Crippen LogP contribution in [0.5, 0.6) is 0 Å². The summed E-state index contributed by atoms with van der Waals surface area (Å²) in [6, 6.07) is 8.63. The molecule has 0 fully saturated rings. The van der Waals surface area contributed by atoms with E-state index in [0.29, 0.717) is 0 Å². The highest BCUT2D eigenvalue weighted by Gasteiger charge is 2.12. The van der Waals surface area contributed by atoms with Crippen molar-refractivity contribution in [1.29, 1.82) is 0 Å². The van der Waals surface area contributed by atoms with Gasteiger partial charge in [-0.25, -0.2) is 0 Å². The molecule has 0 aliphatic carbocycles. The molecular weight excluding hydrogens is 294 g/mol. The molecule has 0 saturated heterocycles. The van der Waals surface area contributed by atoms with Crippen molar-refractivity contribution in [1.82, 2.24) is 0 Å². The van der Waals surface area contributed by atoms with Crippen LogP contribution in [0.15, 0.2) is 34.1 Å². The second kappa shape index (κ2) is 5.34. The SMILES string of the molecule is Cc1ccc(C(N)Cc2sccc2Br)c(C)c1. The van der Waals surface area contributed by atoms with E-state index in [4.69, 9.17) is 5.73 Å². The summed E-state index contributed by atoms with van der Waals surface area (Å²) in [5.74, 6) is 0. The standard InChI is InChI=1S/C14H16BrNS/c1-9-3-4-11(10(2)7-9)13(16)8-14-12(15)5-6-17-14/h3-7,13H,8,16H2,1-2H3. The zero-order valence-corrected chi connectivity index (χ0v) is 12.4. The molecule has 1 nitrogen and oxygen atoms in total. The zero-order chi connectivity index (χ0) is 12.4. The number of nitrogens with two attached hydrogens (primary N) is 1. The monoisotopic (exact) mass is 309 g/mol. The topological polar surface area (TPSA) is 26.0 Å². The van der Waals surface area contributed by atoms with Gasteiger partial charge < -0.3 is 5.73 Å². The first-order valence-corrected chi connectivity index (χ1v) is 7.30. The Hall–Kier alpha value is -0.640. The predicted octanol–water partition coefficient (Wildman–Crippen LogP) is 4.37. The van der Waals surface area contributed by atoms with Crippen molar-refractivity contribution in [3.8, 4) is 0 Å². The molecule has 0 spiro atoms. The smallest absolute Gasteiger partial charge is 0.0346 e. The van der Waals surface area contributed by atoms with Crippen molar-refractivity contribution in [2.75, 3.05) is 0 Å². The van der Waals surface area contributed by atoms with E-state index >= 15 is 0 Å². The van der Waals surface area contributed by atoms with Crippen LogP contribution in [0.2, 0.25) is 0 Å². The average Bonchev–Trinajstić information content (AvgIpc) is 2.64. The molecule has 0 saturated carbocycles. The highest BCUT2D eigenvalue weighted by molar-refractivity contribution is 9.10. The van der Waals surface area contributed by atoms with Crippen LogP contribution in [0.25, 0.3) is 0 Å². The normalized spacial score (nSPS) is 12.7. The molecule has 1 atom stereocenters. The van der Waals surface area contributed by atoms with Crippen LogP contribution >= 0.6 is 27.3 Å². The summed E-state index contributed by atoms with van der Waals surface area (Å²) in [5, 5.41) is 2.09. The summed E-state index contributed by atoms with van der Waals surface area (Å²) < 4.78 is 1.17. The van der Waals surface area contributed by atoms with Gasteiger partial charge in [-0.3, -0.25) is 0 Å². The lowest BCUT2D eigenvalue weighted by atomic mass is 9.97. The van der Waals surface area contributed by atoms with Gasteiger partial charge in [-0.2, -0.15) is 0 Å². The maximum atomic E-state index is 6.29. The zero-order valence-electron chi connectivity index (χ0n) is 10.0. The van der Waals surface area contributed by atoms with E-state index < -0.39 is 0 Å². The van der Waals surface area contributed by atoms with E-state index in [1.807, 2.05) is 0 Å². The van der Waals surface area contributed by atoms with Crippen molar-refractivity contribution >= 4 is 27.3 Å². The van der Waals surface area contributed by atoms with Crippen molar-refractivity contribution in [3.05, 3.63) is 55.7 Å². The number of benzene rings is 1. The van der Waals surface area contributed by atoms with Gasteiger partial charge in [-0.05, 0) is 52.4 Å². The summed E-state index contributed by atoms with van der Waals surface area (Å²) in [4.78, 5) is 1.32. The number of hydrogen-bond acceptors (Lipinski definition) is 2. The van der Waals surface area contributed by atoms with Gasteiger partial charge in [0.1, 0.15) is 0 Å². The highest BCUT2D eigenvalue weighted by Crippen LogP contribution is 2.28. The Morgan fingerprint density at radius 2 is 2.06 bits per heavy atom. The molecule has 1 aromatic carbocycles. The van der Waals surface area contributed by atoms with E-state index in [2.05, 4.69) is 59.4 Å². The Labute approximate surface area is 115 Å². The molecule has 1 aromatic heterocycles. The summed E-state index contributed by atoms with van der Waals surface area (Å²) in [6.07, 6.45) is 0.891. The van der Waals surface area contributed by atoms with Gasteiger partial charge in [0.15, 0.2) is 0 Å². The second-order valence-electron chi connectivity index (χ2n) is 4.36. The van der Waals surface area contributed by atoms with Gasteiger partial charge >= 0.3 is 0 Å². The summed E-state index contributed by atoms with van der Waals surface area (Å²) in [7, 11) is 0. The molecule has 0 radical (unpaired) electrons. The van der Waals surface area contributed by atoms with Gasteiger partial charge in [0.25, 0.3) is 0 Å². The van der Waals surface area contributed by atoms with Gasteiger partial charge in [0.05, 0.1) is 0 Å². The number of halogens is 1. The predicted molar refractivity (Wildman–Crippen MR) is 78.6 cm³/mol. The van der Waals surface area contributed by atoms with Gasteiger partial charge in [0, 0.05) is 21.8 Å². The molecule has 2 aromatic rings. The van der Waals surface area contributed by atoms with Crippen LogP contribution in [0.1, 0.15) is 27.6 Å². The first kappa shape index (κ1) is 12.8. The van der Waals surface area contributed by atoms with Crippen LogP contribution in [0, 0.1) is 13.8 Å². The summed E-state index contributed by atoms with van der Waals surface area (Å²) in [5.41, 5.74) is 10.1. The average molecular weight is 310 g/mol. The van der Waals surface area contributed by atoms with Gasteiger partial charge in [0.2, 0.25) is 0 Å². The number of thiophene rings is 1. The van der Waals surface area contributed by atoms with E-state index in [9.17, 15) is 0 Å².